The second-order valence-corrected chi connectivity index (χ2v) is 5.56. The number of esters is 2. The summed E-state index contributed by atoms with van der Waals surface area (Å²) in [7, 11) is 2.88. The Balaban J connectivity index is -0.000000362. The fourth-order valence-corrected chi connectivity index (χ4v) is 0.782. The summed E-state index contributed by atoms with van der Waals surface area (Å²) in [6.07, 6.45) is 0. The summed E-state index contributed by atoms with van der Waals surface area (Å²) < 4.78 is 13.6. The maximum Gasteiger partial charge on any atom is 0.358 e. The van der Waals surface area contributed by atoms with Crippen molar-refractivity contribution in [3.05, 3.63) is 48.6 Å². The van der Waals surface area contributed by atoms with Crippen LogP contribution in [0.15, 0.2) is 48.6 Å². The molecule has 0 aliphatic carbocycles. The van der Waals surface area contributed by atoms with Gasteiger partial charge in [-0.15, -0.1) is 0 Å². The lowest BCUT2D eigenvalue weighted by Crippen LogP contribution is -2.27. The minimum atomic E-state index is -0.662. The van der Waals surface area contributed by atoms with E-state index in [0.29, 0.717) is 24.4 Å². The van der Waals surface area contributed by atoms with Gasteiger partial charge in [-0.05, 0) is 27.7 Å². The third-order valence-electron chi connectivity index (χ3n) is 2.38. The highest BCUT2D eigenvalue weighted by Gasteiger charge is 2.06. The van der Waals surface area contributed by atoms with Gasteiger partial charge in [-0.3, -0.25) is 4.79 Å². The Kier molecular flexibility index (Phi) is 19.1. The van der Waals surface area contributed by atoms with Crippen LogP contribution < -0.4 is 5.48 Å². The van der Waals surface area contributed by atoms with Crippen LogP contribution in [0.5, 0.6) is 0 Å². The van der Waals surface area contributed by atoms with Crippen LogP contribution in [0.4, 0.5) is 0 Å². The van der Waals surface area contributed by atoms with Crippen LogP contribution in [-0.4, -0.2) is 51.2 Å². The molecule has 0 aromatic carbocycles. The molecule has 29 heavy (non-hydrogen) atoms. The summed E-state index contributed by atoms with van der Waals surface area (Å²) in [6.45, 7) is 20.4. The lowest BCUT2D eigenvalue weighted by Gasteiger charge is -2.03. The lowest BCUT2D eigenvalue weighted by molar-refractivity contribution is -0.152. The van der Waals surface area contributed by atoms with E-state index in [1.54, 1.807) is 21.0 Å². The van der Waals surface area contributed by atoms with E-state index in [0.717, 1.165) is 0 Å². The van der Waals surface area contributed by atoms with Crippen LogP contribution in [0, 0.1) is 0 Å². The predicted octanol–water partition coefficient (Wildman–Crippen LogP) is 2.20. The largest absolute Gasteiger partial charge is 0.466 e. The van der Waals surface area contributed by atoms with Crippen molar-refractivity contribution < 1.29 is 38.2 Å². The molecular formula is C20H31NO8. The van der Waals surface area contributed by atoms with E-state index in [2.05, 4.69) is 45.4 Å². The number of carbonyl (C=O) groups excluding carboxylic acids is 4. The molecular weight excluding hydrogens is 382 g/mol. The molecule has 9 heteroatoms. The SMILES string of the molecule is C=C(C)C(=O)NOC(=O)C(=C)C.C=C(C)C(=O)OC.C=C(C)C(=O)OCCOC. The number of amides is 1. The zero-order chi connectivity index (χ0) is 23.6. The summed E-state index contributed by atoms with van der Waals surface area (Å²) in [4.78, 5) is 46.6. The monoisotopic (exact) mass is 413 g/mol. The number of carbonyl (C=O) groups is 4. The molecule has 0 aliphatic heterocycles. The van der Waals surface area contributed by atoms with Gasteiger partial charge >= 0.3 is 17.9 Å². The van der Waals surface area contributed by atoms with E-state index < -0.39 is 11.9 Å². The Morgan fingerprint density at radius 3 is 1.41 bits per heavy atom. The normalized spacial score (nSPS) is 8.48. The summed E-state index contributed by atoms with van der Waals surface area (Å²) in [6, 6.07) is 0. The van der Waals surface area contributed by atoms with E-state index in [4.69, 9.17) is 0 Å². The fraction of sp³-hybridized carbons (Fsp3) is 0.400. The Hall–Kier alpha value is -3.20. The van der Waals surface area contributed by atoms with Gasteiger partial charge in [0.1, 0.15) is 6.61 Å². The minimum absolute atomic E-state index is 0.219. The number of hydroxylamine groups is 1. The first kappa shape index (κ1) is 30.5. The van der Waals surface area contributed by atoms with Crippen molar-refractivity contribution in [1.29, 1.82) is 0 Å². The zero-order valence-corrected chi connectivity index (χ0v) is 18.0. The van der Waals surface area contributed by atoms with Gasteiger partial charge in [0.15, 0.2) is 0 Å². The number of hydrogen-bond donors (Lipinski definition) is 1. The molecule has 0 saturated carbocycles. The van der Waals surface area contributed by atoms with Gasteiger partial charge in [0.05, 0.1) is 13.7 Å². The second-order valence-electron chi connectivity index (χ2n) is 5.56. The van der Waals surface area contributed by atoms with Gasteiger partial charge in [-0.2, -0.15) is 5.48 Å². The molecule has 0 unspecified atom stereocenters. The number of methoxy groups -OCH3 is 2. The van der Waals surface area contributed by atoms with Crippen LogP contribution in [-0.2, 0) is 38.2 Å². The van der Waals surface area contributed by atoms with E-state index in [1.807, 2.05) is 5.48 Å². The fourth-order valence-electron chi connectivity index (χ4n) is 0.782. The van der Waals surface area contributed by atoms with Crippen molar-refractivity contribution in [2.75, 3.05) is 27.4 Å². The van der Waals surface area contributed by atoms with Crippen molar-refractivity contribution in [1.82, 2.24) is 5.48 Å². The molecule has 0 saturated heterocycles. The molecule has 0 bridgehead atoms. The number of rotatable bonds is 7. The van der Waals surface area contributed by atoms with Gasteiger partial charge in [0.2, 0.25) is 0 Å². The van der Waals surface area contributed by atoms with Crippen LogP contribution in [0.3, 0.4) is 0 Å². The van der Waals surface area contributed by atoms with Gasteiger partial charge < -0.3 is 19.0 Å². The molecule has 0 spiro atoms. The Labute approximate surface area is 172 Å². The standard InChI is InChI=1S/C8H11NO3.C7H12O3.C5H8O2/c1-5(2)7(10)9-12-8(11)6(3)4;1-6(2)7(8)10-5-4-9-3;1-4(2)5(6)7-3/h1,3H2,2,4H3,(H,9,10);1,4-5H2,2-3H3;1H2,2-3H3. The van der Waals surface area contributed by atoms with Gasteiger partial charge in [0.25, 0.3) is 5.91 Å². The third kappa shape index (κ3) is 21.0. The summed E-state index contributed by atoms with van der Waals surface area (Å²) in [5, 5.41) is 0. The molecule has 0 radical (unpaired) electrons. The van der Waals surface area contributed by atoms with Crippen LogP contribution in [0.25, 0.3) is 0 Å². The molecule has 0 aliphatic rings. The molecule has 0 aromatic heterocycles. The number of ether oxygens (including phenoxy) is 3. The number of nitrogens with one attached hydrogen (secondary N) is 1. The topological polar surface area (TPSA) is 117 Å². The van der Waals surface area contributed by atoms with Gasteiger partial charge in [0, 0.05) is 29.4 Å². The molecule has 0 rings (SSSR count). The third-order valence-corrected chi connectivity index (χ3v) is 2.38. The quantitative estimate of drug-likeness (QED) is 0.222. The highest BCUT2D eigenvalue weighted by molar-refractivity contribution is 5.93. The van der Waals surface area contributed by atoms with Crippen molar-refractivity contribution in [3.8, 4) is 0 Å². The highest BCUT2D eigenvalue weighted by Crippen LogP contribution is 1.92. The molecule has 0 heterocycles. The first-order valence-electron chi connectivity index (χ1n) is 8.19. The van der Waals surface area contributed by atoms with Gasteiger partial charge in [-0.25, -0.2) is 14.4 Å². The molecule has 1 N–H and O–H groups in total. The Morgan fingerprint density at radius 1 is 0.690 bits per heavy atom. The van der Waals surface area contributed by atoms with Crippen molar-refractivity contribution in [3.63, 3.8) is 0 Å². The van der Waals surface area contributed by atoms with Crippen LogP contribution in [0.1, 0.15) is 27.7 Å². The lowest BCUT2D eigenvalue weighted by atomic mass is 10.3. The second kappa shape index (κ2) is 18.2. The van der Waals surface area contributed by atoms with E-state index >= 15 is 0 Å². The van der Waals surface area contributed by atoms with Crippen LogP contribution in [0.2, 0.25) is 0 Å². The molecule has 164 valence electrons. The predicted molar refractivity (Wildman–Crippen MR) is 108 cm³/mol. The summed E-state index contributed by atoms with van der Waals surface area (Å²) in [5.74, 6) is -1.90. The first-order valence-corrected chi connectivity index (χ1v) is 8.19. The molecule has 0 aromatic rings. The van der Waals surface area contributed by atoms with Crippen molar-refractivity contribution >= 4 is 23.8 Å². The van der Waals surface area contributed by atoms with E-state index in [9.17, 15) is 19.2 Å². The smallest absolute Gasteiger partial charge is 0.358 e. The molecule has 0 fully saturated rings. The average molecular weight is 413 g/mol. The van der Waals surface area contributed by atoms with Crippen LogP contribution >= 0.6 is 0 Å². The van der Waals surface area contributed by atoms with Crippen molar-refractivity contribution in [2.45, 2.75) is 27.7 Å². The molecule has 0 atom stereocenters. The molecule has 1 amide bonds. The summed E-state index contributed by atoms with van der Waals surface area (Å²) >= 11 is 0. The Morgan fingerprint density at radius 2 is 1.14 bits per heavy atom. The molecule has 9 nitrogen and oxygen atoms in total. The van der Waals surface area contributed by atoms with Gasteiger partial charge in [-0.1, -0.05) is 26.3 Å². The zero-order valence-electron chi connectivity index (χ0n) is 18.0. The minimum Gasteiger partial charge on any atom is -0.466 e. The maximum absolute atomic E-state index is 10.8. The first-order chi connectivity index (χ1) is 13.3. The van der Waals surface area contributed by atoms with E-state index in [1.165, 1.54) is 21.0 Å². The Bertz CT molecular complexity index is 608. The number of hydrogen-bond acceptors (Lipinski definition) is 8. The highest BCUT2D eigenvalue weighted by atomic mass is 16.7. The van der Waals surface area contributed by atoms with Crippen molar-refractivity contribution in [2.24, 2.45) is 0 Å². The van der Waals surface area contributed by atoms with E-state index in [-0.39, 0.29) is 23.1 Å². The average Bonchev–Trinajstić information content (AvgIpc) is 2.65. The summed E-state index contributed by atoms with van der Waals surface area (Å²) in [5.41, 5.74) is 3.25. The maximum atomic E-state index is 10.8.